The minimum Gasteiger partial charge on any atom is -0.493 e. The molecule has 4 aliphatic rings. The van der Waals surface area contributed by atoms with E-state index in [0.29, 0.717) is 78.5 Å². The second-order valence-corrected chi connectivity index (χ2v) is 32.4. The molecule has 3 aromatic carbocycles. The number of ether oxygens (including phenoxy) is 6. The molecule has 9 amide bonds. The topological polar surface area (TPSA) is 687 Å². The minimum atomic E-state index is -2.21. The van der Waals surface area contributed by atoms with Gasteiger partial charge in [0.05, 0.1) is 107 Å². The lowest BCUT2D eigenvalue weighted by Crippen LogP contribution is -2.59. The van der Waals surface area contributed by atoms with Gasteiger partial charge in [-0.3, -0.25) is 77.8 Å². The average molecular weight is 1810 g/mol. The van der Waals surface area contributed by atoms with Crippen molar-refractivity contribution in [1.29, 1.82) is 5.41 Å². The third-order valence-corrected chi connectivity index (χ3v) is 22.8. The van der Waals surface area contributed by atoms with Crippen LogP contribution in [0, 0.1) is 5.41 Å². The highest BCUT2D eigenvalue weighted by molar-refractivity contribution is 8.77. The summed E-state index contributed by atoms with van der Waals surface area (Å²) >= 11 is 0. The SMILES string of the molecule is C=C1C[C@H]2C=Nc3cc(OCCCCCOc4cc(N)c(C(=O)N5CC(=C)C[C@H]5C5OCCN5C(=O)OCC(C)SSC[C@H](NC(=O)[C@H](CC(=O)O)NC(=O)[C@H](CC(=O)O)NC(=O)[C@H](CCCNC(=N)N)NC(=O)[C@H](CC(=O)O)NC(=O)CC[C@H](NC(=O)c5ccc(NCc6cnc7nc(N)[nH]c(=O)c7n6)cc5)C(=O)O)C(=O)O)cc4OC)c(OC)cc3C(=O)N2C1. The van der Waals surface area contributed by atoms with E-state index in [9.17, 15) is 97.5 Å². The van der Waals surface area contributed by atoms with Crippen molar-refractivity contribution in [2.45, 2.75) is 150 Å². The van der Waals surface area contributed by atoms with Gasteiger partial charge in [-0.1, -0.05) is 45.9 Å². The number of aliphatic imine (C=N–C) groups is 1. The van der Waals surface area contributed by atoms with E-state index in [4.69, 9.17) is 51.0 Å². The van der Waals surface area contributed by atoms with Gasteiger partial charge in [-0.25, -0.2) is 24.4 Å². The number of unbranched alkanes of at least 4 members (excludes halogenated alkanes) is 2. The van der Waals surface area contributed by atoms with Gasteiger partial charge in [0.2, 0.25) is 35.5 Å². The molecule has 5 aromatic rings. The van der Waals surface area contributed by atoms with Crippen molar-refractivity contribution in [3.8, 4) is 23.0 Å². The Labute approximate surface area is 731 Å². The molecule has 0 bridgehead atoms. The molecule has 2 unspecified atom stereocenters. The zero-order chi connectivity index (χ0) is 92.5. The Morgan fingerprint density at radius 1 is 0.693 bits per heavy atom. The molecule has 21 N–H and O–H groups in total. The third-order valence-electron chi connectivity index (χ3n) is 19.9. The number of H-pyrrole nitrogens is 1. The Balaban J connectivity index is 0.728. The maximum absolute atomic E-state index is 14.5. The Hall–Kier alpha value is -14.1. The number of nitrogen functional groups attached to an aromatic ring is 2. The van der Waals surface area contributed by atoms with Crippen LogP contribution in [0.5, 0.6) is 23.0 Å². The summed E-state index contributed by atoms with van der Waals surface area (Å²) in [6.45, 7) is 10.7. The van der Waals surface area contributed by atoms with Gasteiger partial charge in [0.1, 0.15) is 42.9 Å². The number of hydrogen-bond donors (Lipinski definition) is 18. The lowest BCUT2D eigenvalue weighted by atomic mass is 10.1. The number of guanidine groups is 1. The first-order valence-corrected chi connectivity index (χ1v) is 42.0. The largest absolute Gasteiger partial charge is 0.493 e. The lowest BCUT2D eigenvalue weighted by molar-refractivity contribution is -0.144. The molecule has 6 heterocycles. The molecule has 2 aromatic heterocycles. The van der Waals surface area contributed by atoms with Gasteiger partial charge in [-0.2, -0.15) is 4.98 Å². The first-order valence-electron chi connectivity index (χ1n) is 39.6. The zero-order valence-corrected chi connectivity index (χ0v) is 70.6. The first kappa shape index (κ1) is 96.8. The first-order chi connectivity index (χ1) is 60.5. The fourth-order valence-electron chi connectivity index (χ4n) is 13.6. The Bertz CT molecular complexity index is 5120. The molecule has 9 rings (SSSR count). The minimum absolute atomic E-state index is 0.0257. The van der Waals surface area contributed by atoms with Crippen LogP contribution in [0.3, 0.4) is 0 Å². The van der Waals surface area contributed by atoms with Crippen molar-refractivity contribution < 1.29 is 121 Å². The van der Waals surface area contributed by atoms with Gasteiger partial charge in [0.15, 0.2) is 46.3 Å². The number of fused-ring (bicyclic) bond motifs is 3. The van der Waals surface area contributed by atoms with E-state index in [0.717, 1.165) is 27.2 Å². The number of nitrogens with one attached hydrogen (secondary N) is 10. The predicted octanol–water partition coefficient (Wildman–Crippen LogP) is 0.816. The molecular formula is C79H98N20O26S2. The lowest BCUT2D eigenvalue weighted by Gasteiger charge is -2.33. The summed E-state index contributed by atoms with van der Waals surface area (Å²) in [6, 6.07) is -0.788. The van der Waals surface area contributed by atoms with Crippen LogP contribution in [0.2, 0.25) is 0 Å². The molecule has 10 atom stereocenters. The van der Waals surface area contributed by atoms with Gasteiger partial charge in [0, 0.05) is 72.3 Å². The van der Waals surface area contributed by atoms with E-state index in [1.165, 1.54) is 66.6 Å². The maximum atomic E-state index is 14.5. The van der Waals surface area contributed by atoms with Crippen molar-refractivity contribution in [3.63, 3.8) is 0 Å². The number of methoxy groups -OCH3 is 2. The van der Waals surface area contributed by atoms with Crippen LogP contribution >= 0.6 is 21.6 Å². The van der Waals surface area contributed by atoms with Gasteiger partial charge < -0.3 is 123 Å². The Morgan fingerprint density at radius 2 is 1.29 bits per heavy atom. The van der Waals surface area contributed by atoms with E-state index < -0.39 is 187 Å². The number of aromatic nitrogens is 4. The molecule has 3 fully saturated rings. The van der Waals surface area contributed by atoms with E-state index in [1.807, 2.05) is 5.32 Å². The fourth-order valence-corrected chi connectivity index (χ4v) is 15.9. The number of rotatable bonds is 47. The summed E-state index contributed by atoms with van der Waals surface area (Å²) in [5.74, 6) is -16.5. The second-order valence-electron chi connectivity index (χ2n) is 29.6. The highest BCUT2D eigenvalue weighted by Gasteiger charge is 2.46. The van der Waals surface area contributed by atoms with E-state index >= 15 is 0 Å². The molecule has 3 saturated heterocycles. The van der Waals surface area contributed by atoms with Gasteiger partial charge in [-0.05, 0) is 94.7 Å². The summed E-state index contributed by atoms with van der Waals surface area (Å²) in [4.78, 5) is 222. The molecule has 48 heteroatoms. The molecular weight excluding hydrogens is 1710 g/mol. The number of anilines is 3. The van der Waals surface area contributed by atoms with Gasteiger partial charge in [0.25, 0.3) is 23.3 Å². The summed E-state index contributed by atoms with van der Waals surface area (Å²) in [6.07, 6.45) is -1.54. The van der Waals surface area contributed by atoms with Crippen LogP contribution in [0.15, 0.2) is 88.8 Å². The Morgan fingerprint density at radius 3 is 1.91 bits per heavy atom. The molecule has 127 heavy (non-hydrogen) atoms. The van der Waals surface area contributed by atoms with Crippen LogP contribution in [0.25, 0.3) is 11.2 Å². The second kappa shape index (κ2) is 45.5. The van der Waals surface area contributed by atoms with Crippen LogP contribution in [0.1, 0.15) is 121 Å². The van der Waals surface area contributed by atoms with Crippen LogP contribution in [-0.4, -0.2) is 288 Å². The monoisotopic (exact) mass is 1810 g/mol. The van der Waals surface area contributed by atoms with E-state index in [-0.39, 0.29) is 116 Å². The van der Waals surface area contributed by atoms with Crippen molar-refractivity contribution >= 4 is 151 Å². The molecule has 4 aliphatic heterocycles. The van der Waals surface area contributed by atoms with Crippen molar-refractivity contribution in [2.75, 3.05) is 89.4 Å². The number of carboxylic acids is 5. The Kier molecular flexibility index (Phi) is 34.7. The number of nitrogens with zero attached hydrogens (tertiary/aromatic N) is 7. The number of nitrogens with two attached hydrogens (primary N) is 3. The number of hydrogen-bond acceptors (Lipinski definition) is 31. The van der Waals surface area contributed by atoms with Gasteiger partial charge >= 0.3 is 35.9 Å². The zero-order valence-electron chi connectivity index (χ0n) is 69.0. The summed E-state index contributed by atoms with van der Waals surface area (Å²) in [5, 5.41) is 75.1. The standard InChI is InChI=1S/C79H98N20O26S2/c1-38-22-44-33-86-50-27-59(57(121-5)25-46(50)73(114)98(44)34-38)123-20-8-6-7-19-122-58-26-47(80)45(24-56(58)120-4)72(113)99-35-39(2)23-55(99)74-97(18-21-124-74)79(119)125-36-40(3)127-126-37-54(76(117)118)94-70(111)53(30-63(105)106)93-69(110)52(29-62(103)104)92-67(108)48(10-9-17-84-77(81)82)90-68(109)51(28-61(101)102)89-60(100)16-15-49(75(115)116)91-66(107)41-11-13-42(14-12-41)85-31-43-32-87-65-64(88-43)71(112)96-78(83)95-65/h11-14,24-27,32-33,40,44,48-49,51-55,74,85H,1-2,6-10,15-23,28-31,34-37,80H2,3-5H3,(H,89,100)(H,90,109)(H,91,107)(H,92,108)(H,93,110)(H,94,111)(H,101,102)(H,103,104)(H,105,106)(H,115,116)(H,117,118)(H4,81,82,84)(H3,83,87,95,96,112)/t40?,44-,48-,49-,51-,52-,53-,54-,55-,74?/m0/s1. The molecule has 46 nitrogen and oxygen atoms in total. The molecule has 0 radical (unpaired) electrons. The maximum Gasteiger partial charge on any atom is 0.412 e. The van der Waals surface area contributed by atoms with Crippen molar-refractivity contribution in [1.82, 2.24) is 71.9 Å². The number of carbonyl (C=O) groups excluding carboxylic acids is 9. The van der Waals surface area contributed by atoms with Crippen LogP contribution in [-0.2, 0) is 64.0 Å². The highest BCUT2D eigenvalue weighted by atomic mass is 33.1. The molecule has 0 saturated carbocycles. The molecule has 0 spiro atoms. The number of carboxylic acid groups (broad SMARTS) is 5. The number of likely N-dealkylation sites (tertiary alicyclic amines) is 1. The summed E-state index contributed by atoms with van der Waals surface area (Å²) in [7, 11) is 4.81. The van der Waals surface area contributed by atoms with Crippen molar-refractivity contribution in [3.05, 3.63) is 112 Å². The number of aliphatic carboxylic acids is 5. The number of aromatic amines is 1. The van der Waals surface area contributed by atoms with Crippen molar-refractivity contribution in [2.24, 2.45) is 10.7 Å². The predicted molar refractivity (Wildman–Crippen MR) is 455 cm³/mol. The van der Waals surface area contributed by atoms with Crippen LogP contribution in [0.4, 0.5) is 27.8 Å². The summed E-state index contributed by atoms with van der Waals surface area (Å²) in [5.41, 5.74) is 20.3. The smallest absolute Gasteiger partial charge is 0.412 e. The van der Waals surface area contributed by atoms with Gasteiger partial charge in [-0.15, -0.1) is 0 Å². The molecule has 0 aliphatic carbocycles. The van der Waals surface area contributed by atoms with E-state index in [2.05, 4.69) is 75.3 Å². The van der Waals surface area contributed by atoms with E-state index in [1.54, 1.807) is 30.2 Å². The normalized spacial score (nSPS) is 16.7. The summed E-state index contributed by atoms with van der Waals surface area (Å²) < 4.78 is 35.2. The van der Waals surface area contributed by atoms with Crippen LogP contribution < -0.4 is 84.2 Å². The average Bonchev–Trinajstić information content (AvgIpc) is 1.66. The number of amides is 9. The third kappa shape index (κ3) is 27.5. The number of benzene rings is 3. The highest BCUT2D eigenvalue weighted by Crippen LogP contribution is 2.40. The molecule has 682 valence electrons. The quantitative estimate of drug-likeness (QED) is 0.00640. The number of carbonyl (C=O) groups is 14. The fraction of sp³-hybridized carbons (Fsp3) is 0.443.